The van der Waals surface area contributed by atoms with Crippen LogP contribution in [0.3, 0.4) is 0 Å². The molecule has 0 N–H and O–H groups in total. The minimum atomic E-state index is -4.17. The minimum absolute atomic E-state index is 0. The van der Waals surface area contributed by atoms with Gasteiger partial charge in [-0.2, -0.15) is 0 Å². The van der Waals surface area contributed by atoms with E-state index in [4.69, 9.17) is 0 Å². The summed E-state index contributed by atoms with van der Waals surface area (Å²) >= 11 is 0. The first-order chi connectivity index (χ1) is 19.1. The SMILES string of the molecule is CCCCCCCCCCCCCCC=CS(=O)(=O)[O-].CCCCCCCCCCCCCCC=CS(=O)(=O)[O-].[Ca+2]. The molecular formula is C32H62CaO6S2. The molecule has 0 rings (SSSR count). The van der Waals surface area contributed by atoms with Crippen molar-refractivity contribution < 1.29 is 25.9 Å². The monoisotopic (exact) mass is 646 g/mol. The van der Waals surface area contributed by atoms with E-state index in [0.717, 1.165) is 36.5 Å². The Morgan fingerprint density at radius 1 is 0.390 bits per heavy atom. The molecule has 0 unspecified atom stereocenters. The Balaban J connectivity index is -0.000000688. The average Bonchev–Trinajstić information content (AvgIpc) is 2.88. The van der Waals surface area contributed by atoms with Crippen LogP contribution in [0.2, 0.25) is 0 Å². The molecule has 0 saturated carbocycles. The van der Waals surface area contributed by atoms with E-state index >= 15 is 0 Å². The Morgan fingerprint density at radius 3 is 0.780 bits per heavy atom. The second-order valence-corrected chi connectivity index (χ2v) is 13.6. The molecule has 0 aromatic carbocycles. The van der Waals surface area contributed by atoms with Crippen LogP contribution in [0.15, 0.2) is 23.0 Å². The molecule has 0 bridgehead atoms. The van der Waals surface area contributed by atoms with E-state index in [-0.39, 0.29) is 37.7 Å². The molecule has 0 aliphatic rings. The predicted octanol–water partition coefficient (Wildman–Crippen LogP) is 9.89. The molecule has 0 amide bonds. The van der Waals surface area contributed by atoms with E-state index in [1.54, 1.807) is 0 Å². The second kappa shape index (κ2) is 35.0. The average molecular weight is 647 g/mol. The van der Waals surface area contributed by atoms with Crippen LogP contribution in [0.25, 0.3) is 0 Å². The van der Waals surface area contributed by atoms with E-state index in [1.807, 2.05) is 0 Å². The van der Waals surface area contributed by atoms with Crippen LogP contribution in [0.4, 0.5) is 0 Å². The molecule has 41 heavy (non-hydrogen) atoms. The van der Waals surface area contributed by atoms with Gasteiger partial charge in [0, 0.05) is 10.8 Å². The van der Waals surface area contributed by atoms with Gasteiger partial charge in [-0.25, -0.2) is 16.8 Å². The van der Waals surface area contributed by atoms with Crippen molar-refractivity contribution in [3.8, 4) is 0 Å². The number of rotatable bonds is 28. The molecule has 0 aromatic rings. The van der Waals surface area contributed by atoms with Crippen molar-refractivity contribution in [1.29, 1.82) is 0 Å². The number of allylic oxidation sites excluding steroid dienone is 2. The Labute approximate surface area is 285 Å². The number of hydrogen-bond donors (Lipinski definition) is 0. The first-order valence-electron chi connectivity index (χ1n) is 16.4. The summed E-state index contributed by atoms with van der Waals surface area (Å²) in [7, 11) is -8.34. The van der Waals surface area contributed by atoms with Gasteiger partial charge in [-0.15, -0.1) is 0 Å². The zero-order valence-corrected chi connectivity index (χ0v) is 30.5. The first-order valence-corrected chi connectivity index (χ1v) is 19.3. The zero-order chi connectivity index (χ0) is 30.2. The van der Waals surface area contributed by atoms with Crippen molar-refractivity contribution in [1.82, 2.24) is 0 Å². The molecule has 0 atom stereocenters. The third-order valence-electron chi connectivity index (χ3n) is 6.97. The van der Waals surface area contributed by atoms with Crippen molar-refractivity contribution in [3.05, 3.63) is 23.0 Å². The van der Waals surface area contributed by atoms with Crippen molar-refractivity contribution in [3.63, 3.8) is 0 Å². The predicted molar refractivity (Wildman–Crippen MR) is 175 cm³/mol. The molecule has 6 nitrogen and oxygen atoms in total. The van der Waals surface area contributed by atoms with Gasteiger partial charge in [-0.3, -0.25) is 0 Å². The fraction of sp³-hybridized carbons (Fsp3) is 0.875. The van der Waals surface area contributed by atoms with Crippen LogP contribution in [0.5, 0.6) is 0 Å². The van der Waals surface area contributed by atoms with E-state index in [9.17, 15) is 25.9 Å². The van der Waals surface area contributed by atoms with Crippen molar-refractivity contribution in [2.45, 2.75) is 181 Å². The normalized spacial score (nSPS) is 12.0. The summed E-state index contributed by atoms with van der Waals surface area (Å²) in [5.41, 5.74) is 0. The van der Waals surface area contributed by atoms with Gasteiger partial charge in [-0.05, 0) is 25.7 Å². The van der Waals surface area contributed by atoms with Crippen LogP contribution in [0, 0.1) is 0 Å². The van der Waals surface area contributed by atoms with Crippen LogP contribution in [0.1, 0.15) is 181 Å². The summed E-state index contributed by atoms with van der Waals surface area (Å²) < 4.78 is 61.8. The molecule has 0 saturated heterocycles. The second-order valence-electron chi connectivity index (χ2n) is 11.1. The quantitative estimate of drug-likeness (QED) is 0.0475. The molecule has 0 aliphatic carbocycles. The van der Waals surface area contributed by atoms with Gasteiger partial charge in [0.1, 0.15) is 20.2 Å². The third kappa shape index (κ3) is 50.5. The van der Waals surface area contributed by atoms with Gasteiger partial charge >= 0.3 is 37.7 Å². The standard InChI is InChI=1S/2C16H32O3S.Ca/c2*1-2-3-4-5-6-7-8-9-10-11-12-13-14-15-16-20(17,18)19;/h2*15-16H,2-14H2,1H3,(H,17,18,19);/q;;+2/p-2. The molecule has 0 radical (unpaired) electrons. The summed E-state index contributed by atoms with van der Waals surface area (Å²) in [5.74, 6) is 0. The maximum atomic E-state index is 10.3. The summed E-state index contributed by atoms with van der Waals surface area (Å²) in [6.45, 7) is 4.49. The minimum Gasteiger partial charge on any atom is -0.744 e. The van der Waals surface area contributed by atoms with Gasteiger partial charge in [0.05, 0.1) is 0 Å². The molecule has 0 aliphatic heterocycles. The maximum absolute atomic E-state index is 10.3. The molecular weight excluding hydrogens is 585 g/mol. The summed E-state index contributed by atoms with van der Waals surface area (Å²) in [5, 5.41) is 1.54. The van der Waals surface area contributed by atoms with E-state index in [2.05, 4.69) is 13.8 Å². The zero-order valence-electron chi connectivity index (χ0n) is 26.7. The van der Waals surface area contributed by atoms with Crippen molar-refractivity contribution >= 4 is 58.0 Å². The van der Waals surface area contributed by atoms with Gasteiger partial charge < -0.3 is 9.11 Å². The van der Waals surface area contributed by atoms with Gasteiger partial charge in [0.25, 0.3) is 0 Å². The summed E-state index contributed by atoms with van der Waals surface area (Å²) in [4.78, 5) is 0. The molecule has 0 fully saturated rings. The van der Waals surface area contributed by atoms with E-state index in [0.29, 0.717) is 12.8 Å². The fourth-order valence-electron chi connectivity index (χ4n) is 4.58. The largest absolute Gasteiger partial charge is 2.00 e. The molecule has 0 spiro atoms. The summed E-state index contributed by atoms with van der Waals surface area (Å²) in [6.07, 6.45) is 35.3. The molecule has 0 aromatic heterocycles. The van der Waals surface area contributed by atoms with Gasteiger partial charge in [-0.1, -0.05) is 167 Å². The molecule has 0 heterocycles. The van der Waals surface area contributed by atoms with Gasteiger partial charge in [0.15, 0.2) is 0 Å². The van der Waals surface area contributed by atoms with Crippen LogP contribution in [-0.4, -0.2) is 63.7 Å². The molecule has 240 valence electrons. The fourth-order valence-corrected chi connectivity index (χ4v) is 5.32. The summed E-state index contributed by atoms with van der Waals surface area (Å²) in [6, 6.07) is 0. The van der Waals surface area contributed by atoms with Crippen LogP contribution >= 0.6 is 0 Å². The Kier molecular flexibility index (Phi) is 39.3. The Bertz CT molecular complexity index is 714. The Hall–Kier alpha value is 0.560. The maximum Gasteiger partial charge on any atom is 2.00 e. The topological polar surface area (TPSA) is 114 Å². The van der Waals surface area contributed by atoms with Crippen molar-refractivity contribution in [2.24, 2.45) is 0 Å². The van der Waals surface area contributed by atoms with Gasteiger partial charge in [0.2, 0.25) is 0 Å². The smallest absolute Gasteiger partial charge is 0.744 e. The first kappa shape index (κ1) is 46.0. The number of hydrogen-bond acceptors (Lipinski definition) is 6. The van der Waals surface area contributed by atoms with Crippen LogP contribution in [-0.2, 0) is 20.2 Å². The van der Waals surface area contributed by atoms with Crippen LogP contribution < -0.4 is 0 Å². The number of unbranched alkanes of at least 4 members (excludes halogenated alkanes) is 24. The van der Waals surface area contributed by atoms with Crippen molar-refractivity contribution in [2.75, 3.05) is 0 Å². The molecule has 9 heteroatoms. The Morgan fingerprint density at radius 2 is 0.585 bits per heavy atom. The third-order valence-corrected chi connectivity index (χ3v) is 8.03. The van der Waals surface area contributed by atoms with E-state index in [1.165, 1.54) is 141 Å². The van der Waals surface area contributed by atoms with E-state index < -0.39 is 20.2 Å².